The summed E-state index contributed by atoms with van der Waals surface area (Å²) in [6.45, 7) is 13.3. The molecule has 2 rings (SSSR count). The lowest BCUT2D eigenvalue weighted by Gasteiger charge is -2.37. The summed E-state index contributed by atoms with van der Waals surface area (Å²) < 4.78 is 11.3. The number of carbonyl (C=O) groups is 3. The van der Waals surface area contributed by atoms with E-state index in [1.807, 2.05) is 27.7 Å². The smallest absolute Gasteiger partial charge is 0.407 e. The topological polar surface area (TPSA) is 88.2 Å². The van der Waals surface area contributed by atoms with Crippen molar-refractivity contribution in [3.8, 4) is 0 Å². The highest BCUT2D eigenvalue weighted by Gasteiger charge is 2.38. The lowest BCUT2D eigenvalue weighted by atomic mass is 9.87. The minimum Gasteiger partial charge on any atom is -0.444 e. The molecule has 2 aliphatic rings. The predicted molar refractivity (Wildman–Crippen MR) is 109 cm³/mol. The van der Waals surface area contributed by atoms with Gasteiger partial charge in [0.05, 0.1) is 18.7 Å². The molecule has 0 spiro atoms. The number of rotatable bonds is 6. The first-order valence-corrected chi connectivity index (χ1v) is 10.4. The summed E-state index contributed by atoms with van der Waals surface area (Å²) in [6.07, 6.45) is 3.14. The molecule has 0 saturated carbocycles. The fourth-order valence-electron chi connectivity index (χ4n) is 3.90. The zero-order valence-corrected chi connectivity index (χ0v) is 18.1. The van der Waals surface area contributed by atoms with Crippen molar-refractivity contribution in [1.82, 2.24) is 15.1 Å². The molecule has 0 aromatic carbocycles. The second-order valence-corrected chi connectivity index (χ2v) is 8.65. The number of hydrogen-bond acceptors (Lipinski definition) is 5. The fourth-order valence-corrected chi connectivity index (χ4v) is 3.90. The number of carbonyl (C=O) groups excluding carboxylic acids is 3. The van der Waals surface area contributed by atoms with E-state index in [0.29, 0.717) is 26.2 Å². The molecule has 1 N–H and O–H groups in total. The van der Waals surface area contributed by atoms with Gasteiger partial charge in [0, 0.05) is 26.2 Å². The third kappa shape index (κ3) is 6.73. The first-order valence-electron chi connectivity index (χ1n) is 10.4. The highest BCUT2D eigenvalue weighted by atomic mass is 16.6. The maximum absolute atomic E-state index is 12.6. The molecule has 2 saturated heterocycles. The van der Waals surface area contributed by atoms with Crippen molar-refractivity contribution in [2.24, 2.45) is 5.92 Å². The molecule has 29 heavy (non-hydrogen) atoms. The Labute approximate surface area is 173 Å². The standard InChI is InChI=1S/C21H35N3O5/c1-6-17(25)23(7-2)14-18(26)24-11-8-15(9-12-24)19-16(10-13-28-19)22-20(27)29-21(3,4)5/h6,15-16,19H,1,7-14H2,2-5H3,(H,22,27)/t16-,19+/m1/s1. The van der Waals surface area contributed by atoms with E-state index in [4.69, 9.17) is 9.47 Å². The van der Waals surface area contributed by atoms with Gasteiger partial charge in [-0.05, 0) is 59.0 Å². The predicted octanol–water partition coefficient (Wildman–Crippen LogP) is 1.94. The Balaban J connectivity index is 1.84. The fraction of sp³-hybridized carbons (Fsp3) is 0.762. The molecule has 3 amide bonds. The van der Waals surface area contributed by atoms with Crippen LogP contribution in [0.2, 0.25) is 0 Å². The molecule has 8 heteroatoms. The molecule has 0 aliphatic carbocycles. The van der Waals surface area contributed by atoms with Crippen LogP contribution in [0.1, 0.15) is 47.0 Å². The maximum atomic E-state index is 12.6. The van der Waals surface area contributed by atoms with E-state index in [1.54, 1.807) is 4.90 Å². The van der Waals surface area contributed by atoms with Crippen LogP contribution in [0.5, 0.6) is 0 Å². The summed E-state index contributed by atoms with van der Waals surface area (Å²) in [4.78, 5) is 39.7. The third-order valence-corrected chi connectivity index (χ3v) is 5.39. The van der Waals surface area contributed by atoms with Crippen LogP contribution in [0.4, 0.5) is 4.79 Å². The molecule has 164 valence electrons. The van der Waals surface area contributed by atoms with Crippen LogP contribution >= 0.6 is 0 Å². The Morgan fingerprint density at radius 2 is 1.90 bits per heavy atom. The van der Waals surface area contributed by atoms with Crippen LogP contribution in [0.15, 0.2) is 12.7 Å². The second-order valence-electron chi connectivity index (χ2n) is 8.65. The van der Waals surface area contributed by atoms with Crippen molar-refractivity contribution in [3.05, 3.63) is 12.7 Å². The van der Waals surface area contributed by atoms with Crippen LogP contribution in [-0.4, -0.2) is 78.2 Å². The molecule has 2 aliphatic heterocycles. The van der Waals surface area contributed by atoms with Crippen molar-refractivity contribution >= 4 is 17.9 Å². The normalized spacial score (nSPS) is 22.8. The van der Waals surface area contributed by atoms with Gasteiger partial charge in [-0.1, -0.05) is 6.58 Å². The molecule has 0 unspecified atom stereocenters. The van der Waals surface area contributed by atoms with Gasteiger partial charge in [-0.15, -0.1) is 0 Å². The summed E-state index contributed by atoms with van der Waals surface area (Å²) in [6, 6.07) is -0.0714. The van der Waals surface area contributed by atoms with E-state index < -0.39 is 11.7 Å². The van der Waals surface area contributed by atoms with E-state index in [0.717, 1.165) is 19.3 Å². The average Bonchev–Trinajstić information content (AvgIpc) is 3.11. The quantitative estimate of drug-likeness (QED) is 0.678. The lowest BCUT2D eigenvalue weighted by molar-refractivity contribution is -0.139. The monoisotopic (exact) mass is 409 g/mol. The van der Waals surface area contributed by atoms with Crippen LogP contribution < -0.4 is 5.32 Å². The Hall–Kier alpha value is -2.09. The molecular formula is C21H35N3O5. The van der Waals surface area contributed by atoms with Gasteiger partial charge >= 0.3 is 6.09 Å². The van der Waals surface area contributed by atoms with Gasteiger partial charge in [-0.2, -0.15) is 0 Å². The molecule has 0 radical (unpaired) electrons. The molecule has 2 fully saturated rings. The maximum Gasteiger partial charge on any atom is 0.407 e. The van der Waals surface area contributed by atoms with Gasteiger partial charge in [0.1, 0.15) is 5.60 Å². The zero-order chi connectivity index (χ0) is 21.6. The van der Waals surface area contributed by atoms with Crippen molar-refractivity contribution < 1.29 is 23.9 Å². The number of alkyl carbamates (subject to hydrolysis) is 1. The molecule has 0 bridgehead atoms. The number of hydrogen-bond donors (Lipinski definition) is 1. The summed E-state index contributed by atoms with van der Waals surface area (Å²) >= 11 is 0. The third-order valence-electron chi connectivity index (χ3n) is 5.39. The minimum atomic E-state index is -0.538. The average molecular weight is 410 g/mol. The van der Waals surface area contributed by atoms with E-state index >= 15 is 0 Å². The van der Waals surface area contributed by atoms with E-state index in [1.165, 1.54) is 11.0 Å². The summed E-state index contributed by atoms with van der Waals surface area (Å²) in [5.41, 5.74) is -0.538. The molecule has 2 atom stereocenters. The van der Waals surface area contributed by atoms with Crippen molar-refractivity contribution in [2.45, 2.75) is 64.7 Å². The lowest BCUT2D eigenvalue weighted by Crippen LogP contribution is -2.50. The van der Waals surface area contributed by atoms with Gasteiger partial charge in [0.25, 0.3) is 0 Å². The van der Waals surface area contributed by atoms with Gasteiger partial charge < -0.3 is 24.6 Å². The Kier molecular flexibility index (Phi) is 8.07. The van der Waals surface area contributed by atoms with Crippen LogP contribution in [0.3, 0.4) is 0 Å². The first-order chi connectivity index (χ1) is 13.6. The molecular weight excluding hydrogens is 374 g/mol. The molecule has 2 heterocycles. The highest BCUT2D eigenvalue weighted by molar-refractivity contribution is 5.90. The van der Waals surface area contributed by atoms with Gasteiger partial charge in [-0.3, -0.25) is 9.59 Å². The van der Waals surface area contributed by atoms with Crippen LogP contribution in [0, 0.1) is 5.92 Å². The number of likely N-dealkylation sites (N-methyl/N-ethyl adjacent to an activating group) is 1. The van der Waals surface area contributed by atoms with Gasteiger partial charge in [0.15, 0.2) is 0 Å². The van der Waals surface area contributed by atoms with E-state index in [2.05, 4.69) is 11.9 Å². The van der Waals surface area contributed by atoms with Crippen LogP contribution in [0.25, 0.3) is 0 Å². The molecule has 0 aromatic rings. The summed E-state index contributed by atoms with van der Waals surface area (Å²) in [5.74, 6) is 0.000919. The minimum absolute atomic E-state index is 0.0451. The summed E-state index contributed by atoms with van der Waals surface area (Å²) in [7, 11) is 0. The number of nitrogens with zero attached hydrogens (tertiary/aromatic N) is 2. The zero-order valence-electron chi connectivity index (χ0n) is 18.1. The van der Waals surface area contributed by atoms with Crippen molar-refractivity contribution in [2.75, 3.05) is 32.8 Å². The van der Waals surface area contributed by atoms with Crippen LogP contribution in [-0.2, 0) is 19.1 Å². The first kappa shape index (κ1) is 23.2. The van der Waals surface area contributed by atoms with E-state index in [9.17, 15) is 14.4 Å². The van der Waals surface area contributed by atoms with Crippen molar-refractivity contribution in [3.63, 3.8) is 0 Å². The Morgan fingerprint density at radius 3 is 2.45 bits per heavy atom. The van der Waals surface area contributed by atoms with E-state index in [-0.39, 0.29) is 36.4 Å². The highest BCUT2D eigenvalue weighted by Crippen LogP contribution is 2.29. The molecule has 0 aromatic heterocycles. The SMILES string of the molecule is C=CC(=O)N(CC)CC(=O)N1CCC([C@@H]2OCC[C@H]2NC(=O)OC(C)(C)C)CC1. The van der Waals surface area contributed by atoms with Gasteiger partial charge in [-0.25, -0.2) is 4.79 Å². The number of likely N-dealkylation sites (tertiary alicyclic amines) is 1. The second kappa shape index (κ2) is 10.1. The Morgan fingerprint density at radius 1 is 1.24 bits per heavy atom. The number of amides is 3. The number of piperidine rings is 1. The van der Waals surface area contributed by atoms with Gasteiger partial charge in [0.2, 0.25) is 11.8 Å². The van der Waals surface area contributed by atoms with Crippen molar-refractivity contribution in [1.29, 1.82) is 0 Å². The summed E-state index contributed by atoms with van der Waals surface area (Å²) in [5, 5.41) is 2.95. The molecule has 8 nitrogen and oxygen atoms in total. The largest absolute Gasteiger partial charge is 0.444 e. The Bertz CT molecular complexity index is 608. The number of ether oxygens (including phenoxy) is 2. The number of nitrogens with one attached hydrogen (secondary N) is 1.